The third kappa shape index (κ3) is 4.06. The van der Waals surface area contributed by atoms with Gasteiger partial charge in [-0.25, -0.2) is 0 Å². The van der Waals surface area contributed by atoms with Crippen molar-refractivity contribution in [3.8, 4) is 0 Å². The maximum Gasteiger partial charge on any atom is 0.254 e. The largest absolute Gasteiger partial charge is 0.383 e. The van der Waals surface area contributed by atoms with Gasteiger partial charge in [-0.3, -0.25) is 9.59 Å². The number of ether oxygens (including phenoxy) is 1. The minimum Gasteiger partial charge on any atom is -0.383 e. The standard InChI is InChI=1S/C20H22N2O3/c1-25-12-10-21-19(23)16-7-4-8-17(13-16)20(24)22-11-9-15-5-2-3-6-18(15)14-22/h2-8,13H,9-12,14H2,1H3,(H,21,23). The average molecular weight is 338 g/mol. The number of methoxy groups -OCH3 is 1. The van der Waals surface area contributed by atoms with Crippen molar-refractivity contribution in [2.24, 2.45) is 0 Å². The lowest BCUT2D eigenvalue weighted by Crippen LogP contribution is -2.36. The molecule has 0 fully saturated rings. The van der Waals surface area contributed by atoms with Crippen LogP contribution in [0.1, 0.15) is 31.8 Å². The van der Waals surface area contributed by atoms with E-state index in [2.05, 4.69) is 17.4 Å². The van der Waals surface area contributed by atoms with Crippen LogP contribution in [0.25, 0.3) is 0 Å². The molecule has 2 aromatic rings. The van der Waals surface area contributed by atoms with E-state index < -0.39 is 0 Å². The summed E-state index contributed by atoms with van der Waals surface area (Å²) in [6, 6.07) is 15.1. The predicted octanol–water partition coefficient (Wildman–Crippen LogP) is 2.26. The Bertz CT molecular complexity index is 773. The van der Waals surface area contributed by atoms with Crippen LogP contribution < -0.4 is 5.32 Å². The molecule has 0 atom stereocenters. The summed E-state index contributed by atoms with van der Waals surface area (Å²) in [5.41, 5.74) is 3.52. The minimum absolute atomic E-state index is 0.0407. The fraction of sp³-hybridized carbons (Fsp3) is 0.300. The predicted molar refractivity (Wildman–Crippen MR) is 95.5 cm³/mol. The molecule has 0 saturated heterocycles. The van der Waals surface area contributed by atoms with Crippen LogP contribution in [-0.4, -0.2) is 43.5 Å². The first-order chi connectivity index (χ1) is 12.2. The fourth-order valence-corrected chi connectivity index (χ4v) is 3.01. The molecule has 2 amide bonds. The molecular formula is C20H22N2O3. The van der Waals surface area contributed by atoms with Gasteiger partial charge in [0.15, 0.2) is 0 Å². The van der Waals surface area contributed by atoms with Crippen LogP contribution in [-0.2, 0) is 17.7 Å². The van der Waals surface area contributed by atoms with Gasteiger partial charge in [-0.05, 0) is 35.7 Å². The van der Waals surface area contributed by atoms with Crippen molar-refractivity contribution in [3.05, 3.63) is 70.8 Å². The lowest BCUT2D eigenvalue weighted by molar-refractivity contribution is 0.0734. The highest BCUT2D eigenvalue weighted by atomic mass is 16.5. The molecule has 25 heavy (non-hydrogen) atoms. The second-order valence-corrected chi connectivity index (χ2v) is 6.07. The molecule has 1 aliphatic rings. The van der Waals surface area contributed by atoms with Gasteiger partial charge in [0, 0.05) is 37.9 Å². The molecule has 1 heterocycles. The third-order valence-electron chi connectivity index (χ3n) is 4.38. The molecule has 130 valence electrons. The molecule has 0 aromatic heterocycles. The smallest absolute Gasteiger partial charge is 0.254 e. The van der Waals surface area contributed by atoms with Crippen LogP contribution in [0, 0.1) is 0 Å². The van der Waals surface area contributed by atoms with Gasteiger partial charge in [0.25, 0.3) is 11.8 Å². The molecule has 5 heteroatoms. The van der Waals surface area contributed by atoms with E-state index in [1.807, 2.05) is 17.0 Å². The van der Waals surface area contributed by atoms with E-state index in [1.54, 1.807) is 31.4 Å². The van der Waals surface area contributed by atoms with Crippen LogP contribution in [0.3, 0.4) is 0 Å². The first kappa shape index (κ1) is 17.2. The summed E-state index contributed by atoms with van der Waals surface area (Å²) in [5.74, 6) is -0.239. The van der Waals surface area contributed by atoms with Crippen molar-refractivity contribution >= 4 is 11.8 Å². The van der Waals surface area contributed by atoms with Crippen LogP contribution in [0.15, 0.2) is 48.5 Å². The second-order valence-electron chi connectivity index (χ2n) is 6.07. The van der Waals surface area contributed by atoms with Crippen LogP contribution in [0.2, 0.25) is 0 Å². The number of rotatable bonds is 5. The number of nitrogens with one attached hydrogen (secondary N) is 1. The van der Waals surface area contributed by atoms with Gasteiger partial charge in [0.05, 0.1) is 6.61 Å². The molecule has 5 nitrogen and oxygen atoms in total. The number of benzene rings is 2. The van der Waals surface area contributed by atoms with Crippen LogP contribution in [0.5, 0.6) is 0 Å². The van der Waals surface area contributed by atoms with Gasteiger partial charge in [0.1, 0.15) is 0 Å². The van der Waals surface area contributed by atoms with E-state index in [0.717, 1.165) is 6.42 Å². The van der Waals surface area contributed by atoms with Gasteiger partial charge >= 0.3 is 0 Å². The molecule has 0 aliphatic carbocycles. The normalized spacial score (nSPS) is 13.2. The highest BCUT2D eigenvalue weighted by Crippen LogP contribution is 2.20. The topological polar surface area (TPSA) is 58.6 Å². The molecule has 0 radical (unpaired) electrons. The van der Waals surface area contributed by atoms with Crippen molar-refractivity contribution in [1.82, 2.24) is 10.2 Å². The Morgan fingerprint density at radius 2 is 1.84 bits per heavy atom. The van der Waals surface area contributed by atoms with E-state index in [4.69, 9.17) is 4.74 Å². The Morgan fingerprint density at radius 3 is 2.64 bits per heavy atom. The molecule has 0 unspecified atom stereocenters. The Hall–Kier alpha value is -2.66. The zero-order valence-corrected chi connectivity index (χ0v) is 14.3. The number of nitrogens with zero attached hydrogens (tertiary/aromatic N) is 1. The zero-order valence-electron chi connectivity index (χ0n) is 14.3. The summed E-state index contributed by atoms with van der Waals surface area (Å²) in [5, 5.41) is 2.77. The van der Waals surface area contributed by atoms with Gasteiger partial charge < -0.3 is 15.0 Å². The Morgan fingerprint density at radius 1 is 1.08 bits per heavy atom. The van der Waals surface area contributed by atoms with Crippen LogP contribution >= 0.6 is 0 Å². The first-order valence-corrected chi connectivity index (χ1v) is 8.42. The monoisotopic (exact) mass is 338 g/mol. The molecule has 1 aliphatic heterocycles. The van der Waals surface area contributed by atoms with E-state index in [9.17, 15) is 9.59 Å². The Kier molecular flexibility index (Phi) is 5.46. The minimum atomic E-state index is -0.198. The number of hydrogen-bond donors (Lipinski definition) is 1. The summed E-state index contributed by atoms with van der Waals surface area (Å²) >= 11 is 0. The molecule has 1 N–H and O–H groups in total. The average Bonchev–Trinajstić information content (AvgIpc) is 2.67. The highest BCUT2D eigenvalue weighted by molar-refractivity contribution is 5.99. The van der Waals surface area contributed by atoms with Gasteiger partial charge in [-0.1, -0.05) is 30.3 Å². The Balaban J connectivity index is 1.71. The summed E-state index contributed by atoms with van der Waals surface area (Å²) < 4.78 is 4.92. The van der Waals surface area contributed by atoms with Crippen molar-refractivity contribution in [2.75, 3.05) is 26.8 Å². The summed E-state index contributed by atoms with van der Waals surface area (Å²) in [7, 11) is 1.59. The quantitative estimate of drug-likeness (QED) is 0.851. The maximum absolute atomic E-state index is 12.8. The van der Waals surface area contributed by atoms with Crippen molar-refractivity contribution in [1.29, 1.82) is 0 Å². The van der Waals surface area contributed by atoms with Gasteiger partial charge in [-0.15, -0.1) is 0 Å². The third-order valence-corrected chi connectivity index (χ3v) is 4.38. The van der Waals surface area contributed by atoms with Gasteiger partial charge in [0.2, 0.25) is 0 Å². The zero-order chi connectivity index (χ0) is 17.6. The van der Waals surface area contributed by atoms with Gasteiger partial charge in [-0.2, -0.15) is 0 Å². The number of carbonyl (C=O) groups excluding carboxylic acids is 2. The molecule has 0 bridgehead atoms. The second kappa shape index (κ2) is 7.94. The number of hydrogen-bond acceptors (Lipinski definition) is 3. The fourth-order valence-electron chi connectivity index (χ4n) is 3.01. The van der Waals surface area contributed by atoms with E-state index in [1.165, 1.54) is 11.1 Å². The first-order valence-electron chi connectivity index (χ1n) is 8.42. The van der Waals surface area contributed by atoms with E-state index >= 15 is 0 Å². The molecular weight excluding hydrogens is 316 g/mol. The SMILES string of the molecule is COCCNC(=O)c1cccc(C(=O)N2CCc3ccccc3C2)c1. The van der Waals surface area contributed by atoms with Crippen molar-refractivity contribution in [3.63, 3.8) is 0 Å². The molecule has 2 aromatic carbocycles. The summed E-state index contributed by atoms with van der Waals surface area (Å²) in [6.07, 6.45) is 0.860. The number of amides is 2. The molecule has 0 saturated carbocycles. The Labute approximate surface area is 147 Å². The van der Waals surface area contributed by atoms with Crippen LogP contribution in [0.4, 0.5) is 0 Å². The van der Waals surface area contributed by atoms with Crippen molar-refractivity contribution in [2.45, 2.75) is 13.0 Å². The van der Waals surface area contributed by atoms with Crippen molar-refractivity contribution < 1.29 is 14.3 Å². The summed E-state index contributed by atoms with van der Waals surface area (Å²) in [4.78, 5) is 26.8. The summed E-state index contributed by atoms with van der Waals surface area (Å²) in [6.45, 7) is 2.20. The maximum atomic E-state index is 12.8. The number of fused-ring (bicyclic) bond motifs is 1. The molecule has 3 rings (SSSR count). The lowest BCUT2D eigenvalue weighted by atomic mass is 9.99. The lowest BCUT2D eigenvalue weighted by Gasteiger charge is -2.29. The van der Waals surface area contributed by atoms with E-state index in [-0.39, 0.29) is 11.8 Å². The van der Waals surface area contributed by atoms with E-state index in [0.29, 0.717) is 37.4 Å². The highest BCUT2D eigenvalue weighted by Gasteiger charge is 2.22. The molecule has 0 spiro atoms. The number of carbonyl (C=O) groups is 2.